The van der Waals surface area contributed by atoms with Crippen LogP contribution in [0.4, 0.5) is 5.69 Å². The van der Waals surface area contributed by atoms with E-state index in [1.807, 2.05) is 26.0 Å². The van der Waals surface area contributed by atoms with Crippen LogP contribution in [-0.4, -0.2) is 30.6 Å². The fraction of sp³-hybridized carbons (Fsp3) is 0.154. The van der Waals surface area contributed by atoms with E-state index in [1.54, 1.807) is 61.5 Å². The zero-order valence-electron chi connectivity index (χ0n) is 19.3. The molecule has 3 aromatic rings. The predicted molar refractivity (Wildman–Crippen MR) is 129 cm³/mol. The number of carbonyl (C=O) groups is 3. The Balaban J connectivity index is 1.71. The third kappa shape index (κ3) is 5.86. The first-order valence-corrected chi connectivity index (χ1v) is 10.5. The highest BCUT2D eigenvalue weighted by Crippen LogP contribution is 2.23. The second kappa shape index (κ2) is 10.9. The smallest absolute Gasteiger partial charge is 0.347 e. The van der Waals surface area contributed by atoms with Gasteiger partial charge in [0.1, 0.15) is 17.1 Å². The minimum atomic E-state index is -0.928. The molecule has 0 atom stereocenters. The van der Waals surface area contributed by atoms with Crippen molar-refractivity contribution < 1.29 is 23.9 Å². The number of para-hydroxylation sites is 2. The topological polar surface area (TPSA) is 106 Å². The first-order valence-electron chi connectivity index (χ1n) is 10.5. The minimum Gasteiger partial charge on any atom is -0.496 e. The van der Waals surface area contributed by atoms with Gasteiger partial charge < -0.3 is 14.8 Å². The van der Waals surface area contributed by atoms with E-state index in [4.69, 9.17) is 9.47 Å². The van der Waals surface area contributed by atoms with Gasteiger partial charge in [-0.3, -0.25) is 9.59 Å². The first-order chi connectivity index (χ1) is 16.3. The number of nitrogens with zero attached hydrogens (tertiary/aromatic N) is 1. The van der Waals surface area contributed by atoms with Crippen LogP contribution in [0.1, 0.15) is 34.0 Å². The second-order valence-electron chi connectivity index (χ2n) is 7.50. The summed E-state index contributed by atoms with van der Waals surface area (Å²) in [7, 11) is 1.47. The first kappa shape index (κ1) is 24.2. The molecule has 2 amide bonds. The van der Waals surface area contributed by atoms with Crippen molar-refractivity contribution in [2.75, 3.05) is 12.4 Å². The summed E-state index contributed by atoms with van der Waals surface area (Å²) in [5.74, 6) is -1.75. The van der Waals surface area contributed by atoms with Crippen molar-refractivity contribution in [3.05, 3.63) is 89.0 Å². The zero-order chi connectivity index (χ0) is 24.7. The lowest BCUT2D eigenvalue weighted by atomic mass is 10.1. The van der Waals surface area contributed by atoms with Gasteiger partial charge in [0.2, 0.25) is 0 Å². The molecule has 2 N–H and O–H groups in total. The molecule has 0 saturated carbocycles. The summed E-state index contributed by atoms with van der Waals surface area (Å²) >= 11 is 0. The van der Waals surface area contributed by atoms with Crippen molar-refractivity contribution in [1.29, 1.82) is 0 Å². The molecular weight excluding hydrogens is 434 g/mol. The Morgan fingerprint density at radius 2 is 1.47 bits per heavy atom. The Hall–Kier alpha value is -4.46. The van der Waals surface area contributed by atoms with Crippen LogP contribution in [0, 0.1) is 13.8 Å². The van der Waals surface area contributed by atoms with Crippen molar-refractivity contribution in [1.82, 2.24) is 5.43 Å². The van der Waals surface area contributed by atoms with Crippen LogP contribution in [0.3, 0.4) is 0 Å². The molecule has 0 aliphatic carbocycles. The van der Waals surface area contributed by atoms with Gasteiger partial charge in [0, 0.05) is 11.3 Å². The van der Waals surface area contributed by atoms with Crippen LogP contribution >= 0.6 is 0 Å². The summed E-state index contributed by atoms with van der Waals surface area (Å²) in [6.45, 7) is 5.40. The van der Waals surface area contributed by atoms with Crippen LogP contribution in [0.5, 0.6) is 11.5 Å². The molecule has 0 aliphatic rings. The minimum absolute atomic E-state index is 0.244. The fourth-order valence-corrected chi connectivity index (χ4v) is 3.20. The molecule has 3 aromatic carbocycles. The third-order valence-corrected chi connectivity index (χ3v) is 4.97. The van der Waals surface area contributed by atoms with E-state index in [0.29, 0.717) is 22.7 Å². The van der Waals surface area contributed by atoms with Crippen LogP contribution in [0.25, 0.3) is 0 Å². The number of nitrogens with one attached hydrogen (secondary N) is 2. The van der Waals surface area contributed by atoms with E-state index in [0.717, 1.165) is 11.1 Å². The number of anilines is 1. The standard InChI is InChI=1S/C26H25N3O5/c1-16-13-14-21(17(2)15-16)27-24(30)25(31)29-28-18(3)19-9-5-8-12-23(19)34-26(32)20-10-6-7-11-22(20)33-4/h5-15H,1-4H3,(H,27,30)(H,29,31). The number of rotatable bonds is 6. The molecule has 34 heavy (non-hydrogen) atoms. The number of hydrazone groups is 1. The third-order valence-electron chi connectivity index (χ3n) is 4.97. The number of hydrogen-bond acceptors (Lipinski definition) is 6. The van der Waals surface area contributed by atoms with Crippen molar-refractivity contribution in [3.63, 3.8) is 0 Å². The van der Waals surface area contributed by atoms with Crippen molar-refractivity contribution in [3.8, 4) is 11.5 Å². The molecule has 0 aromatic heterocycles. The highest BCUT2D eigenvalue weighted by molar-refractivity contribution is 6.39. The number of hydrogen-bond donors (Lipinski definition) is 2. The van der Waals surface area contributed by atoms with Crippen LogP contribution in [-0.2, 0) is 9.59 Å². The summed E-state index contributed by atoms with van der Waals surface area (Å²) in [5.41, 5.74) is 5.75. The van der Waals surface area contributed by atoms with E-state index in [9.17, 15) is 14.4 Å². The maximum absolute atomic E-state index is 12.7. The predicted octanol–water partition coefficient (Wildman–Crippen LogP) is 4.01. The average Bonchev–Trinajstić information content (AvgIpc) is 2.84. The summed E-state index contributed by atoms with van der Waals surface area (Å²) in [5, 5.41) is 6.57. The highest BCUT2D eigenvalue weighted by Gasteiger charge is 2.18. The molecule has 0 radical (unpaired) electrons. The molecule has 3 rings (SSSR count). The average molecular weight is 460 g/mol. The number of carbonyl (C=O) groups excluding carboxylic acids is 3. The van der Waals surface area contributed by atoms with Gasteiger partial charge in [0.25, 0.3) is 0 Å². The lowest BCUT2D eigenvalue weighted by Crippen LogP contribution is -2.33. The number of esters is 1. The van der Waals surface area contributed by atoms with Gasteiger partial charge in [-0.05, 0) is 56.7 Å². The largest absolute Gasteiger partial charge is 0.496 e. The normalized spacial score (nSPS) is 10.9. The summed E-state index contributed by atoms with van der Waals surface area (Å²) in [4.78, 5) is 37.2. The molecule has 0 fully saturated rings. The summed E-state index contributed by atoms with van der Waals surface area (Å²) in [6, 6.07) is 18.9. The summed E-state index contributed by atoms with van der Waals surface area (Å²) < 4.78 is 10.8. The Bertz CT molecular complexity index is 1270. The van der Waals surface area contributed by atoms with E-state index >= 15 is 0 Å². The van der Waals surface area contributed by atoms with Gasteiger partial charge in [-0.15, -0.1) is 0 Å². The van der Waals surface area contributed by atoms with Gasteiger partial charge in [0.05, 0.1) is 12.8 Å². The Labute approximate surface area is 197 Å². The molecule has 0 unspecified atom stereocenters. The lowest BCUT2D eigenvalue weighted by Gasteiger charge is -2.12. The molecule has 174 valence electrons. The zero-order valence-corrected chi connectivity index (χ0v) is 19.3. The van der Waals surface area contributed by atoms with Crippen molar-refractivity contribution in [2.24, 2.45) is 5.10 Å². The summed E-state index contributed by atoms with van der Waals surface area (Å²) in [6.07, 6.45) is 0. The SMILES string of the molecule is COc1ccccc1C(=O)Oc1ccccc1C(C)=NNC(=O)C(=O)Nc1ccc(C)cc1C. The molecule has 8 heteroatoms. The van der Waals surface area contributed by atoms with Crippen LogP contribution in [0.2, 0.25) is 0 Å². The number of methoxy groups -OCH3 is 1. The lowest BCUT2D eigenvalue weighted by molar-refractivity contribution is -0.136. The highest BCUT2D eigenvalue weighted by atomic mass is 16.5. The molecule has 0 aliphatic heterocycles. The fourth-order valence-electron chi connectivity index (χ4n) is 3.20. The maximum atomic E-state index is 12.7. The number of benzene rings is 3. The van der Waals surface area contributed by atoms with E-state index in [1.165, 1.54) is 7.11 Å². The molecule has 0 bridgehead atoms. The molecule has 0 saturated heterocycles. The van der Waals surface area contributed by atoms with Gasteiger partial charge in [0.15, 0.2) is 0 Å². The number of amides is 2. The van der Waals surface area contributed by atoms with Gasteiger partial charge in [-0.25, -0.2) is 10.2 Å². The number of ether oxygens (including phenoxy) is 2. The molecular formula is C26H25N3O5. The number of aryl methyl sites for hydroxylation is 2. The van der Waals surface area contributed by atoms with Crippen molar-refractivity contribution in [2.45, 2.75) is 20.8 Å². The van der Waals surface area contributed by atoms with Crippen LogP contribution < -0.4 is 20.2 Å². The van der Waals surface area contributed by atoms with Crippen molar-refractivity contribution >= 4 is 29.2 Å². The monoisotopic (exact) mass is 459 g/mol. The van der Waals surface area contributed by atoms with Gasteiger partial charge >= 0.3 is 17.8 Å². The Morgan fingerprint density at radius 1 is 0.824 bits per heavy atom. The molecule has 0 spiro atoms. The van der Waals surface area contributed by atoms with E-state index in [2.05, 4.69) is 15.8 Å². The Morgan fingerprint density at radius 3 is 2.15 bits per heavy atom. The van der Waals surface area contributed by atoms with Gasteiger partial charge in [-0.1, -0.05) is 42.0 Å². The molecule has 8 nitrogen and oxygen atoms in total. The maximum Gasteiger partial charge on any atom is 0.347 e. The van der Waals surface area contributed by atoms with Gasteiger partial charge in [-0.2, -0.15) is 5.10 Å². The molecule has 0 heterocycles. The van der Waals surface area contributed by atoms with Crippen LogP contribution in [0.15, 0.2) is 71.8 Å². The van der Waals surface area contributed by atoms with E-state index in [-0.39, 0.29) is 11.3 Å². The second-order valence-corrected chi connectivity index (χ2v) is 7.50. The Kier molecular flexibility index (Phi) is 7.76. The van der Waals surface area contributed by atoms with E-state index < -0.39 is 17.8 Å². The quantitative estimate of drug-likeness (QED) is 0.190.